The second-order valence-electron chi connectivity index (χ2n) is 4.08. The first-order chi connectivity index (χ1) is 8.79. The smallest absolute Gasteiger partial charge is 0.127 e. The number of para-hydroxylation sites is 1. The zero-order valence-corrected chi connectivity index (χ0v) is 10.1. The van der Waals surface area contributed by atoms with Crippen LogP contribution in [0.5, 0.6) is 11.5 Å². The third-order valence-corrected chi connectivity index (χ3v) is 2.68. The molecule has 94 valence electrons. The van der Waals surface area contributed by atoms with E-state index in [0.717, 1.165) is 17.1 Å². The van der Waals surface area contributed by atoms with E-state index < -0.39 is 6.10 Å². The minimum absolute atomic E-state index is 0.476. The summed E-state index contributed by atoms with van der Waals surface area (Å²) in [7, 11) is 0. The second-order valence-corrected chi connectivity index (χ2v) is 4.08. The molecular weight excluding hydrogens is 226 g/mol. The highest BCUT2D eigenvalue weighted by molar-refractivity contribution is 5.33. The fourth-order valence-corrected chi connectivity index (χ4v) is 1.71. The molecule has 0 saturated carbocycles. The van der Waals surface area contributed by atoms with E-state index in [-0.39, 0.29) is 0 Å². The van der Waals surface area contributed by atoms with E-state index in [1.54, 1.807) is 0 Å². The van der Waals surface area contributed by atoms with Crippen molar-refractivity contribution in [2.45, 2.75) is 12.5 Å². The Morgan fingerprint density at radius 2 is 1.56 bits per heavy atom. The van der Waals surface area contributed by atoms with Gasteiger partial charge in [-0.2, -0.15) is 0 Å². The summed E-state index contributed by atoms with van der Waals surface area (Å²) in [6.07, 6.45) is 0.0691. The fourth-order valence-electron chi connectivity index (χ4n) is 1.71. The van der Waals surface area contributed by atoms with Crippen molar-refractivity contribution in [3.05, 3.63) is 60.2 Å². The van der Waals surface area contributed by atoms with Gasteiger partial charge >= 0.3 is 0 Å². The van der Waals surface area contributed by atoms with E-state index in [2.05, 4.69) is 0 Å². The highest BCUT2D eigenvalue weighted by Gasteiger charge is 2.06. The summed E-state index contributed by atoms with van der Waals surface area (Å²) in [6.45, 7) is 0.476. The van der Waals surface area contributed by atoms with Crippen LogP contribution in [0.15, 0.2) is 54.6 Å². The highest BCUT2D eigenvalue weighted by atomic mass is 16.5. The molecule has 0 bridgehead atoms. The molecule has 0 fully saturated rings. The molecule has 0 aliphatic heterocycles. The topological polar surface area (TPSA) is 55.5 Å². The quantitative estimate of drug-likeness (QED) is 0.849. The monoisotopic (exact) mass is 243 g/mol. The third kappa shape index (κ3) is 3.32. The van der Waals surface area contributed by atoms with Crippen molar-refractivity contribution in [3.63, 3.8) is 0 Å². The van der Waals surface area contributed by atoms with E-state index in [1.807, 2.05) is 54.6 Å². The number of rotatable bonds is 5. The molecule has 0 amide bonds. The summed E-state index contributed by atoms with van der Waals surface area (Å²) in [5.41, 5.74) is 6.28. The molecule has 0 radical (unpaired) electrons. The molecule has 0 heterocycles. The summed E-state index contributed by atoms with van der Waals surface area (Å²) in [5, 5.41) is 9.78. The van der Waals surface area contributed by atoms with Crippen LogP contribution in [-0.4, -0.2) is 11.7 Å². The summed E-state index contributed by atoms with van der Waals surface area (Å²) in [5.74, 6) is 1.55. The molecule has 0 spiro atoms. The van der Waals surface area contributed by atoms with Gasteiger partial charge in [-0.15, -0.1) is 0 Å². The van der Waals surface area contributed by atoms with Crippen LogP contribution in [0.2, 0.25) is 0 Å². The van der Waals surface area contributed by atoms with E-state index >= 15 is 0 Å². The Morgan fingerprint density at radius 1 is 0.944 bits per heavy atom. The van der Waals surface area contributed by atoms with Crippen molar-refractivity contribution in [1.29, 1.82) is 0 Å². The fraction of sp³-hybridized carbons (Fsp3) is 0.200. The molecule has 3 heteroatoms. The van der Waals surface area contributed by atoms with Gasteiger partial charge in [0.1, 0.15) is 11.5 Å². The highest BCUT2D eigenvalue weighted by Crippen LogP contribution is 2.23. The van der Waals surface area contributed by atoms with Crippen molar-refractivity contribution in [2.24, 2.45) is 5.73 Å². The average molecular weight is 243 g/mol. The molecule has 18 heavy (non-hydrogen) atoms. The molecule has 0 saturated heterocycles. The van der Waals surface area contributed by atoms with Crippen molar-refractivity contribution in [1.82, 2.24) is 0 Å². The van der Waals surface area contributed by atoms with Gasteiger partial charge < -0.3 is 15.6 Å². The Balaban J connectivity index is 2.04. The maximum absolute atomic E-state index is 9.78. The van der Waals surface area contributed by atoms with Gasteiger partial charge in [0, 0.05) is 0 Å². The molecule has 3 nitrogen and oxygen atoms in total. The van der Waals surface area contributed by atoms with Crippen molar-refractivity contribution >= 4 is 0 Å². The molecule has 1 atom stereocenters. The normalized spacial score (nSPS) is 12.1. The second kappa shape index (κ2) is 6.19. The number of nitrogens with two attached hydrogens (primary N) is 1. The van der Waals surface area contributed by atoms with Gasteiger partial charge in [0.05, 0.1) is 6.10 Å². The maximum Gasteiger partial charge on any atom is 0.127 e. The molecule has 2 aromatic carbocycles. The SMILES string of the molecule is NCC[C@@H](O)c1ccc(Oc2ccccc2)cc1. The van der Waals surface area contributed by atoms with Crippen LogP contribution in [0.4, 0.5) is 0 Å². The largest absolute Gasteiger partial charge is 0.457 e. The van der Waals surface area contributed by atoms with E-state index in [4.69, 9.17) is 10.5 Å². The number of hydrogen-bond donors (Lipinski definition) is 2. The molecule has 0 aromatic heterocycles. The molecule has 3 N–H and O–H groups in total. The lowest BCUT2D eigenvalue weighted by molar-refractivity contribution is 0.170. The summed E-state index contributed by atoms with van der Waals surface area (Å²) in [6, 6.07) is 17.0. The maximum atomic E-state index is 9.78. The Bertz CT molecular complexity index is 468. The third-order valence-electron chi connectivity index (χ3n) is 2.68. The van der Waals surface area contributed by atoms with Crippen molar-refractivity contribution in [3.8, 4) is 11.5 Å². The minimum Gasteiger partial charge on any atom is -0.457 e. The summed E-state index contributed by atoms with van der Waals surface area (Å²) in [4.78, 5) is 0. The van der Waals surface area contributed by atoms with Gasteiger partial charge in [0.25, 0.3) is 0 Å². The first kappa shape index (κ1) is 12.6. The van der Waals surface area contributed by atoms with Crippen LogP contribution in [0.25, 0.3) is 0 Å². The number of benzene rings is 2. The number of ether oxygens (including phenoxy) is 1. The van der Waals surface area contributed by atoms with Gasteiger partial charge in [-0.25, -0.2) is 0 Å². The first-order valence-electron chi connectivity index (χ1n) is 6.00. The van der Waals surface area contributed by atoms with Crippen LogP contribution < -0.4 is 10.5 Å². The van der Waals surface area contributed by atoms with Gasteiger partial charge in [0.2, 0.25) is 0 Å². The molecule has 2 aromatic rings. The van der Waals surface area contributed by atoms with Gasteiger partial charge in [-0.1, -0.05) is 30.3 Å². The predicted molar refractivity (Wildman–Crippen MR) is 71.6 cm³/mol. The molecular formula is C15H17NO2. The standard InChI is InChI=1S/C15H17NO2/c16-11-10-15(17)12-6-8-14(9-7-12)18-13-4-2-1-3-5-13/h1-9,15,17H,10-11,16H2/t15-/m1/s1. The Morgan fingerprint density at radius 3 is 2.17 bits per heavy atom. The van der Waals surface area contributed by atoms with Gasteiger partial charge in [-0.3, -0.25) is 0 Å². The molecule has 0 unspecified atom stereocenters. The van der Waals surface area contributed by atoms with E-state index in [1.165, 1.54) is 0 Å². The number of hydrogen-bond acceptors (Lipinski definition) is 3. The molecule has 0 aliphatic carbocycles. The van der Waals surface area contributed by atoms with Crippen molar-refractivity contribution in [2.75, 3.05) is 6.54 Å². The van der Waals surface area contributed by atoms with Crippen LogP contribution in [0.3, 0.4) is 0 Å². The zero-order valence-electron chi connectivity index (χ0n) is 10.1. The average Bonchev–Trinajstić information content (AvgIpc) is 2.41. The van der Waals surface area contributed by atoms with Crippen LogP contribution >= 0.6 is 0 Å². The minimum atomic E-state index is -0.499. The van der Waals surface area contributed by atoms with Gasteiger partial charge in [0.15, 0.2) is 0 Å². The Hall–Kier alpha value is -1.84. The number of aliphatic hydroxyl groups is 1. The van der Waals surface area contributed by atoms with Crippen LogP contribution in [-0.2, 0) is 0 Å². The van der Waals surface area contributed by atoms with Gasteiger partial charge in [-0.05, 0) is 42.8 Å². The van der Waals surface area contributed by atoms with Crippen molar-refractivity contribution < 1.29 is 9.84 Å². The molecule has 0 aliphatic rings. The summed E-state index contributed by atoms with van der Waals surface area (Å²) < 4.78 is 5.67. The van der Waals surface area contributed by atoms with E-state index in [0.29, 0.717) is 13.0 Å². The van der Waals surface area contributed by atoms with E-state index in [9.17, 15) is 5.11 Å². The van der Waals surface area contributed by atoms with Crippen LogP contribution in [0, 0.1) is 0 Å². The molecule has 2 rings (SSSR count). The Kier molecular flexibility index (Phi) is 4.34. The Labute approximate surface area is 107 Å². The zero-order chi connectivity index (χ0) is 12.8. The lowest BCUT2D eigenvalue weighted by Crippen LogP contribution is -2.06. The van der Waals surface area contributed by atoms with Crippen LogP contribution in [0.1, 0.15) is 18.1 Å². The first-order valence-corrected chi connectivity index (χ1v) is 6.00. The lowest BCUT2D eigenvalue weighted by atomic mass is 10.1. The number of aliphatic hydroxyl groups excluding tert-OH is 1. The summed E-state index contributed by atoms with van der Waals surface area (Å²) >= 11 is 0. The predicted octanol–water partition coefficient (Wildman–Crippen LogP) is 2.86. The lowest BCUT2D eigenvalue weighted by Gasteiger charge is -2.10.